The van der Waals surface area contributed by atoms with E-state index in [1.54, 1.807) is 18.2 Å². The molecule has 6 N–H and O–H groups in total. The highest BCUT2D eigenvalue weighted by atomic mass is 16.7. The van der Waals surface area contributed by atoms with Gasteiger partial charge in [-0.25, -0.2) is 4.79 Å². The SMILES string of the molecule is CCCCCCCCCCCCCCCCCCCCCCOc1cc(OCCCCCCCCCCCCCCCCCCCCCC)cc(O[C@]2(C(=O)O)C[C@H](O)[C@@H](NC(C)=O)[C@H]([C@H](O)[C@H](O)CO)O2)c1. The number of carboxylic acid groups (broad SMARTS) is 1. The summed E-state index contributed by atoms with van der Waals surface area (Å²) >= 11 is 0. The molecule has 0 saturated carbocycles. The molecule has 426 valence electrons. The van der Waals surface area contributed by atoms with E-state index in [0.717, 1.165) is 38.5 Å². The molecule has 1 aliphatic rings. The molecular formula is C61H111NO11. The first-order valence-electron chi connectivity index (χ1n) is 30.5. The summed E-state index contributed by atoms with van der Waals surface area (Å²) in [7, 11) is 0. The molecule has 0 bridgehead atoms. The number of carbonyl (C=O) groups excluding carboxylic acids is 1. The summed E-state index contributed by atoms with van der Waals surface area (Å²) in [6.07, 6.45) is 44.8. The van der Waals surface area contributed by atoms with E-state index in [4.69, 9.17) is 18.9 Å². The van der Waals surface area contributed by atoms with Crippen LogP contribution in [-0.2, 0) is 14.3 Å². The van der Waals surface area contributed by atoms with Gasteiger partial charge in [0.2, 0.25) is 5.91 Å². The molecule has 0 radical (unpaired) electrons. The van der Waals surface area contributed by atoms with Gasteiger partial charge in [0.05, 0.1) is 38.4 Å². The molecule has 1 saturated heterocycles. The van der Waals surface area contributed by atoms with Gasteiger partial charge in [0.1, 0.15) is 35.6 Å². The average Bonchev–Trinajstić information content (AvgIpc) is 3.37. The lowest BCUT2D eigenvalue weighted by Crippen LogP contribution is -2.68. The van der Waals surface area contributed by atoms with Gasteiger partial charge in [0.15, 0.2) is 0 Å². The number of benzene rings is 1. The number of aliphatic hydroxyl groups excluding tert-OH is 4. The zero-order valence-corrected chi connectivity index (χ0v) is 46.9. The molecule has 12 nitrogen and oxygen atoms in total. The summed E-state index contributed by atoms with van der Waals surface area (Å²) in [6, 6.07) is 3.57. The van der Waals surface area contributed by atoms with Gasteiger partial charge in [0.25, 0.3) is 0 Å². The van der Waals surface area contributed by atoms with Gasteiger partial charge in [-0.15, -0.1) is 0 Å². The third-order valence-electron chi connectivity index (χ3n) is 14.9. The van der Waals surface area contributed by atoms with E-state index in [0.29, 0.717) is 24.7 Å². The Labute approximate surface area is 445 Å². The van der Waals surface area contributed by atoms with Gasteiger partial charge in [0, 0.05) is 25.1 Å². The lowest BCUT2D eigenvalue weighted by molar-refractivity contribution is -0.284. The van der Waals surface area contributed by atoms with E-state index in [2.05, 4.69) is 19.2 Å². The van der Waals surface area contributed by atoms with Crippen molar-refractivity contribution < 1.29 is 54.1 Å². The highest BCUT2D eigenvalue weighted by molar-refractivity contribution is 5.77. The minimum absolute atomic E-state index is 0.0445. The molecule has 73 heavy (non-hydrogen) atoms. The fraction of sp³-hybridized carbons (Fsp3) is 0.869. The van der Waals surface area contributed by atoms with E-state index in [1.807, 2.05) is 0 Å². The number of hydrogen-bond acceptors (Lipinski definition) is 10. The van der Waals surface area contributed by atoms with E-state index >= 15 is 0 Å². The number of unbranched alkanes of at least 4 members (excludes halogenated alkanes) is 38. The standard InChI is InChI=1S/C61H111NO11/c1-4-6-8-10-12-14-16-18-20-22-24-26-28-30-32-34-36-38-40-42-44-70-52-46-53(71-45-43-41-39-37-35-33-31-29-27-25-23-21-19-17-15-13-11-9-7-5-2)48-54(47-52)72-61(60(68)69)49-55(65)57(62-51(3)64)59(73-61)58(67)56(66)50-63/h46-48,55-59,63,65-67H,4-45,49-50H2,1-3H3,(H,62,64)(H,68,69)/t55-,56+,57+,58+,59+,61+/m0/s1. The van der Waals surface area contributed by atoms with Gasteiger partial charge in [-0.2, -0.15) is 0 Å². The quantitative estimate of drug-likeness (QED) is 0.0341. The molecule has 1 aliphatic heterocycles. The minimum atomic E-state index is -2.54. The normalized spacial score (nSPS) is 18.6. The molecule has 0 aromatic heterocycles. The van der Waals surface area contributed by atoms with Crippen LogP contribution in [0.1, 0.15) is 284 Å². The Morgan fingerprint density at radius 2 is 0.849 bits per heavy atom. The van der Waals surface area contributed by atoms with Crippen LogP contribution >= 0.6 is 0 Å². The second kappa shape index (κ2) is 44.5. The van der Waals surface area contributed by atoms with Crippen LogP contribution in [0.4, 0.5) is 0 Å². The van der Waals surface area contributed by atoms with Crippen molar-refractivity contribution in [3.63, 3.8) is 0 Å². The van der Waals surface area contributed by atoms with E-state index in [1.165, 1.54) is 225 Å². The molecule has 1 amide bonds. The lowest BCUT2D eigenvalue weighted by atomic mass is 9.88. The Hall–Kier alpha value is -2.64. The first kappa shape index (κ1) is 66.5. The van der Waals surface area contributed by atoms with Gasteiger partial charge < -0.3 is 49.8 Å². The molecule has 1 fully saturated rings. The Balaban J connectivity index is 1.82. The lowest BCUT2D eigenvalue weighted by Gasteiger charge is -2.46. The predicted octanol–water partition coefficient (Wildman–Crippen LogP) is 14.6. The maximum atomic E-state index is 13.0. The van der Waals surface area contributed by atoms with Crippen molar-refractivity contribution in [3.05, 3.63) is 18.2 Å². The summed E-state index contributed by atoms with van der Waals surface area (Å²) in [5.41, 5.74) is 0. The van der Waals surface area contributed by atoms with Gasteiger partial charge >= 0.3 is 11.8 Å². The number of ether oxygens (including phenoxy) is 4. The second-order valence-corrected chi connectivity index (χ2v) is 21.8. The van der Waals surface area contributed by atoms with E-state index < -0.39 is 61.1 Å². The maximum Gasteiger partial charge on any atom is 0.377 e. The number of rotatable bonds is 51. The smallest absolute Gasteiger partial charge is 0.377 e. The number of nitrogens with one attached hydrogen (secondary N) is 1. The second-order valence-electron chi connectivity index (χ2n) is 21.8. The Bertz CT molecular complexity index is 1400. The number of aliphatic hydroxyl groups is 4. The van der Waals surface area contributed by atoms with Gasteiger partial charge in [-0.05, 0) is 12.8 Å². The summed E-state index contributed by atoms with van der Waals surface area (Å²) in [5.74, 6) is -3.80. The number of amides is 1. The van der Waals surface area contributed by atoms with Crippen molar-refractivity contribution in [2.45, 2.75) is 320 Å². The Morgan fingerprint density at radius 1 is 0.548 bits per heavy atom. The largest absolute Gasteiger partial charge is 0.493 e. The average molecular weight is 1030 g/mol. The third kappa shape index (κ3) is 32.5. The van der Waals surface area contributed by atoms with Crippen molar-refractivity contribution >= 4 is 11.9 Å². The van der Waals surface area contributed by atoms with Crippen LogP contribution in [-0.4, -0.2) is 93.5 Å². The summed E-state index contributed by atoms with van der Waals surface area (Å²) in [5, 5.41) is 55.0. The van der Waals surface area contributed by atoms with Crippen molar-refractivity contribution in [2.75, 3.05) is 19.8 Å². The van der Waals surface area contributed by atoms with E-state index in [-0.39, 0.29) is 5.75 Å². The van der Waals surface area contributed by atoms with Crippen LogP contribution in [0, 0.1) is 0 Å². The van der Waals surface area contributed by atoms with Gasteiger partial charge in [-0.3, -0.25) is 4.79 Å². The molecule has 0 unspecified atom stereocenters. The van der Waals surface area contributed by atoms with Gasteiger partial charge in [-0.1, -0.05) is 258 Å². The summed E-state index contributed by atoms with van der Waals surface area (Å²) in [6.45, 7) is 5.78. The third-order valence-corrected chi connectivity index (χ3v) is 14.9. The molecule has 6 atom stereocenters. The Morgan fingerprint density at radius 3 is 1.14 bits per heavy atom. The number of carboxylic acids is 1. The Kier molecular flexibility index (Phi) is 40.5. The van der Waals surface area contributed by atoms with Crippen molar-refractivity contribution in [1.82, 2.24) is 5.32 Å². The van der Waals surface area contributed by atoms with Crippen molar-refractivity contribution in [3.8, 4) is 17.2 Å². The maximum absolute atomic E-state index is 13.0. The van der Waals surface area contributed by atoms with Crippen LogP contribution in [0.2, 0.25) is 0 Å². The highest BCUT2D eigenvalue weighted by Gasteiger charge is 2.56. The molecular weight excluding hydrogens is 923 g/mol. The summed E-state index contributed by atoms with van der Waals surface area (Å²) in [4.78, 5) is 25.0. The van der Waals surface area contributed by atoms with Crippen molar-refractivity contribution in [1.29, 1.82) is 0 Å². The van der Waals surface area contributed by atoms with Crippen LogP contribution in [0.3, 0.4) is 0 Å². The summed E-state index contributed by atoms with van der Waals surface area (Å²) < 4.78 is 24.4. The molecule has 1 heterocycles. The molecule has 1 aromatic carbocycles. The molecule has 2 rings (SSSR count). The number of hydrogen-bond donors (Lipinski definition) is 6. The molecule has 0 aliphatic carbocycles. The highest BCUT2D eigenvalue weighted by Crippen LogP contribution is 2.38. The van der Waals surface area contributed by atoms with Crippen LogP contribution < -0.4 is 19.5 Å². The van der Waals surface area contributed by atoms with E-state index in [9.17, 15) is 35.1 Å². The van der Waals surface area contributed by atoms with Crippen molar-refractivity contribution in [2.24, 2.45) is 0 Å². The first-order chi connectivity index (χ1) is 35.6. The van der Waals surface area contributed by atoms with Crippen LogP contribution in [0.15, 0.2) is 18.2 Å². The molecule has 1 aromatic rings. The first-order valence-corrected chi connectivity index (χ1v) is 30.5. The zero-order valence-electron chi connectivity index (χ0n) is 46.9. The zero-order chi connectivity index (χ0) is 53.0. The minimum Gasteiger partial charge on any atom is -0.493 e. The fourth-order valence-corrected chi connectivity index (χ4v) is 10.3. The monoisotopic (exact) mass is 1030 g/mol. The number of carbonyl (C=O) groups is 2. The topological polar surface area (TPSA) is 184 Å². The number of aliphatic carboxylic acids is 1. The molecule has 0 spiro atoms. The molecule has 12 heteroatoms. The fourth-order valence-electron chi connectivity index (χ4n) is 10.3. The predicted molar refractivity (Wildman–Crippen MR) is 297 cm³/mol. The van der Waals surface area contributed by atoms with Crippen LogP contribution in [0.25, 0.3) is 0 Å². The van der Waals surface area contributed by atoms with Crippen LogP contribution in [0.5, 0.6) is 17.2 Å².